The van der Waals surface area contributed by atoms with E-state index < -0.39 is 0 Å². The minimum Gasteiger partial charge on any atom is -0.383 e. The fourth-order valence-electron chi connectivity index (χ4n) is 3.73. The summed E-state index contributed by atoms with van der Waals surface area (Å²) in [6.07, 6.45) is 7.12. The smallest absolute Gasteiger partial charge is 0.141 e. The van der Waals surface area contributed by atoms with Gasteiger partial charge in [-0.2, -0.15) is 0 Å². The molecule has 3 heterocycles. The largest absolute Gasteiger partial charge is 0.383 e. The molecule has 0 spiro atoms. The fourth-order valence-corrected chi connectivity index (χ4v) is 4.35. The van der Waals surface area contributed by atoms with Crippen molar-refractivity contribution in [1.29, 1.82) is 0 Å². The SMILES string of the molecule is CN1CCCC1CCc1c[nH]c2ccc(N=C(N)c3cccs3)cc12. The van der Waals surface area contributed by atoms with Gasteiger partial charge in [0.25, 0.3) is 0 Å². The van der Waals surface area contributed by atoms with Gasteiger partial charge in [0.1, 0.15) is 5.84 Å². The Morgan fingerprint density at radius 3 is 3.08 bits per heavy atom. The molecule has 0 aliphatic carbocycles. The van der Waals surface area contributed by atoms with Crippen molar-refractivity contribution in [3.05, 3.63) is 52.3 Å². The summed E-state index contributed by atoms with van der Waals surface area (Å²) in [5.74, 6) is 0.582. The molecular formula is C20H24N4S. The van der Waals surface area contributed by atoms with Crippen LogP contribution in [0.25, 0.3) is 10.9 Å². The van der Waals surface area contributed by atoms with Crippen LogP contribution < -0.4 is 5.73 Å². The maximum absolute atomic E-state index is 6.13. The van der Waals surface area contributed by atoms with Crippen LogP contribution in [0.2, 0.25) is 0 Å². The maximum Gasteiger partial charge on any atom is 0.141 e. The minimum absolute atomic E-state index is 0.582. The maximum atomic E-state index is 6.13. The molecule has 2 aromatic heterocycles. The molecule has 1 saturated heterocycles. The molecule has 5 heteroatoms. The van der Waals surface area contributed by atoms with E-state index in [0.29, 0.717) is 5.84 Å². The zero-order valence-electron chi connectivity index (χ0n) is 14.5. The number of aryl methyl sites for hydroxylation is 1. The van der Waals surface area contributed by atoms with E-state index in [0.717, 1.165) is 23.0 Å². The standard InChI is InChI=1S/C20H24N4S/c1-24-10-2-4-16(24)8-6-14-13-22-18-9-7-15(12-17(14)18)23-20(21)19-5-3-11-25-19/h3,5,7,9,11-13,16,22H,2,4,6,8,10H2,1H3,(H2,21,23). The summed E-state index contributed by atoms with van der Waals surface area (Å²) >= 11 is 1.61. The molecule has 0 bridgehead atoms. The van der Waals surface area contributed by atoms with E-state index in [1.807, 2.05) is 23.6 Å². The number of thiophene rings is 1. The van der Waals surface area contributed by atoms with Crippen molar-refractivity contribution in [2.75, 3.05) is 13.6 Å². The second-order valence-electron chi connectivity index (χ2n) is 6.83. The van der Waals surface area contributed by atoms with E-state index in [1.165, 1.54) is 42.3 Å². The number of nitrogens with two attached hydrogens (primary N) is 1. The molecule has 0 saturated carbocycles. The Bertz CT molecular complexity index is 878. The summed E-state index contributed by atoms with van der Waals surface area (Å²) in [7, 11) is 2.24. The Hall–Kier alpha value is -2.11. The molecular weight excluding hydrogens is 328 g/mol. The first-order chi connectivity index (χ1) is 12.2. The average molecular weight is 353 g/mol. The van der Waals surface area contributed by atoms with E-state index in [2.05, 4.69) is 40.3 Å². The second-order valence-corrected chi connectivity index (χ2v) is 7.78. The van der Waals surface area contributed by atoms with E-state index in [1.54, 1.807) is 11.3 Å². The first-order valence-electron chi connectivity index (χ1n) is 8.89. The first-order valence-corrected chi connectivity index (χ1v) is 9.77. The van der Waals surface area contributed by atoms with Crippen LogP contribution in [0.1, 0.15) is 29.7 Å². The molecule has 130 valence electrons. The summed E-state index contributed by atoms with van der Waals surface area (Å²) in [5.41, 5.74) is 9.59. The molecule has 1 atom stereocenters. The number of amidine groups is 1. The molecule has 1 aromatic carbocycles. The van der Waals surface area contributed by atoms with Crippen LogP contribution in [0.15, 0.2) is 46.9 Å². The first kappa shape index (κ1) is 16.4. The Balaban J connectivity index is 1.56. The van der Waals surface area contributed by atoms with E-state index in [4.69, 9.17) is 5.73 Å². The summed E-state index contributed by atoms with van der Waals surface area (Å²) in [5, 5.41) is 3.28. The van der Waals surface area contributed by atoms with Crippen LogP contribution in [-0.4, -0.2) is 35.4 Å². The lowest BCUT2D eigenvalue weighted by molar-refractivity contribution is 0.297. The number of fused-ring (bicyclic) bond motifs is 1. The highest BCUT2D eigenvalue weighted by Gasteiger charge is 2.20. The predicted molar refractivity (Wildman–Crippen MR) is 107 cm³/mol. The monoisotopic (exact) mass is 352 g/mol. The number of aromatic nitrogens is 1. The molecule has 3 N–H and O–H groups in total. The number of benzene rings is 1. The van der Waals surface area contributed by atoms with Gasteiger partial charge in [-0.15, -0.1) is 11.3 Å². The van der Waals surface area contributed by atoms with Crippen LogP contribution in [0.3, 0.4) is 0 Å². The molecule has 3 aromatic rings. The van der Waals surface area contributed by atoms with E-state index >= 15 is 0 Å². The summed E-state index contributed by atoms with van der Waals surface area (Å²) in [6.45, 7) is 1.24. The minimum atomic E-state index is 0.582. The Morgan fingerprint density at radius 1 is 1.40 bits per heavy atom. The van der Waals surface area contributed by atoms with E-state index in [-0.39, 0.29) is 0 Å². The predicted octanol–water partition coefficient (Wildman–Crippen LogP) is 4.29. The number of H-pyrrole nitrogens is 1. The third kappa shape index (κ3) is 3.48. The molecule has 4 rings (SSSR count). The highest BCUT2D eigenvalue weighted by molar-refractivity contribution is 7.12. The van der Waals surface area contributed by atoms with Crippen molar-refractivity contribution >= 4 is 33.8 Å². The van der Waals surface area contributed by atoms with Gasteiger partial charge in [-0.05, 0) is 74.5 Å². The lowest BCUT2D eigenvalue weighted by atomic mass is 10.0. The van der Waals surface area contributed by atoms with Crippen molar-refractivity contribution in [1.82, 2.24) is 9.88 Å². The highest BCUT2D eigenvalue weighted by Crippen LogP contribution is 2.27. The molecule has 25 heavy (non-hydrogen) atoms. The number of nitrogens with one attached hydrogen (secondary N) is 1. The number of rotatable bonds is 5. The van der Waals surface area contributed by atoms with Gasteiger partial charge in [0.2, 0.25) is 0 Å². The third-order valence-electron chi connectivity index (χ3n) is 5.19. The third-order valence-corrected chi connectivity index (χ3v) is 6.08. The van der Waals surface area contributed by atoms with Crippen LogP contribution in [-0.2, 0) is 6.42 Å². The van der Waals surface area contributed by atoms with E-state index in [9.17, 15) is 0 Å². The van der Waals surface area contributed by atoms with Gasteiger partial charge >= 0.3 is 0 Å². The van der Waals surface area contributed by atoms with Gasteiger partial charge < -0.3 is 15.6 Å². The van der Waals surface area contributed by atoms with Gasteiger partial charge in [-0.3, -0.25) is 0 Å². The molecule has 1 aliphatic heterocycles. The van der Waals surface area contributed by atoms with Gasteiger partial charge in [0.05, 0.1) is 10.6 Å². The quantitative estimate of drug-likeness (QED) is 0.531. The lowest BCUT2D eigenvalue weighted by Crippen LogP contribution is -2.25. The Labute approximate surface area is 152 Å². The van der Waals surface area contributed by atoms with Gasteiger partial charge in [-0.1, -0.05) is 6.07 Å². The van der Waals surface area contributed by atoms with Gasteiger partial charge in [0, 0.05) is 23.1 Å². The number of likely N-dealkylation sites (tertiary alicyclic amines) is 1. The van der Waals surface area contributed by atoms with Crippen molar-refractivity contribution < 1.29 is 0 Å². The van der Waals surface area contributed by atoms with Gasteiger partial charge in [-0.25, -0.2) is 4.99 Å². The number of aromatic amines is 1. The second kappa shape index (κ2) is 7.02. The van der Waals surface area contributed by atoms with Crippen molar-refractivity contribution in [3.63, 3.8) is 0 Å². The number of hydrogen-bond donors (Lipinski definition) is 2. The van der Waals surface area contributed by atoms with Crippen molar-refractivity contribution in [2.24, 2.45) is 10.7 Å². The Kier molecular flexibility index (Phi) is 4.59. The summed E-state index contributed by atoms with van der Waals surface area (Å²) < 4.78 is 0. The van der Waals surface area contributed by atoms with Crippen LogP contribution >= 0.6 is 11.3 Å². The van der Waals surface area contributed by atoms with Crippen LogP contribution in [0.4, 0.5) is 5.69 Å². The molecule has 4 nitrogen and oxygen atoms in total. The molecule has 0 radical (unpaired) electrons. The zero-order valence-corrected chi connectivity index (χ0v) is 15.4. The fraction of sp³-hybridized carbons (Fsp3) is 0.350. The zero-order chi connectivity index (χ0) is 17.2. The molecule has 1 fully saturated rings. The molecule has 1 aliphatic rings. The lowest BCUT2D eigenvalue weighted by Gasteiger charge is -2.18. The van der Waals surface area contributed by atoms with Crippen molar-refractivity contribution in [2.45, 2.75) is 31.7 Å². The summed E-state index contributed by atoms with van der Waals surface area (Å²) in [6, 6.07) is 11.0. The normalized spacial score (nSPS) is 19.1. The molecule has 0 amide bonds. The average Bonchev–Trinajstić information content (AvgIpc) is 3.34. The Morgan fingerprint density at radius 2 is 2.32 bits per heavy atom. The number of nitrogens with zero attached hydrogens (tertiary/aromatic N) is 2. The number of hydrogen-bond acceptors (Lipinski definition) is 3. The van der Waals surface area contributed by atoms with Gasteiger partial charge in [0.15, 0.2) is 0 Å². The number of aliphatic imine (C=N–C) groups is 1. The summed E-state index contributed by atoms with van der Waals surface area (Å²) in [4.78, 5) is 11.5. The molecule has 1 unspecified atom stereocenters. The topological polar surface area (TPSA) is 57.4 Å². The van der Waals surface area contributed by atoms with Crippen LogP contribution in [0.5, 0.6) is 0 Å². The van der Waals surface area contributed by atoms with Crippen molar-refractivity contribution in [3.8, 4) is 0 Å². The highest BCUT2D eigenvalue weighted by atomic mass is 32.1. The van der Waals surface area contributed by atoms with Crippen LogP contribution in [0, 0.1) is 0 Å².